The van der Waals surface area contributed by atoms with Crippen LogP contribution in [-0.4, -0.2) is 10.1 Å². The Kier molecular flexibility index (Phi) is 3.45. The van der Waals surface area contributed by atoms with E-state index in [0.29, 0.717) is 18.0 Å². The van der Waals surface area contributed by atoms with Gasteiger partial charge in [-0.1, -0.05) is 17.7 Å². The molecule has 90 valence electrons. The number of hydrogen-bond acceptors (Lipinski definition) is 3. The highest BCUT2D eigenvalue weighted by molar-refractivity contribution is 6.30. The van der Waals surface area contributed by atoms with E-state index >= 15 is 0 Å². The van der Waals surface area contributed by atoms with Crippen molar-refractivity contribution in [1.29, 1.82) is 0 Å². The van der Waals surface area contributed by atoms with Crippen LogP contribution in [0.25, 0.3) is 0 Å². The number of aliphatic hydroxyl groups is 1. The standard InChI is InChI=1S/C12H11ClFNO2/c1-7-15-11(6-17-7)12(16)5-8-2-3-10(14)9(13)4-8/h2-4,6,12,16H,5H2,1H3. The topological polar surface area (TPSA) is 46.3 Å². The summed E-state index contributed by atoms with van der Waals surface area (Å²) in [6, 6.07) is 4.35. The maximum atomic E-state index is 12.9. The quantitative estimate of drug-likeness (QED) is 0.917. The number of aromatic nitrogens is 1. The highest BCUT2D eigenvalue weighted by atomic mass is 35.5. The number of halogens is 2. The van der Waals surface area contributed by atoms with Crippen molar-refractivity contribution in [2.24, 2.45) is 0 Å². The van der Waals surface area contributed by atoms with Crippen LogP contribution in [0.15, 0.2) is 28.9 Å². The molecule has 2 aromatic rings. The molecule has 1 aromatic carbocycles. The van der Waals surface area contributed by atoms with E-state index in [1.807, 2.05) is 0 Å². The molecule has 0 radical (unpaired) electrons. The lowest BCUT2D eigenvalue weighted by Gasteiger charge is -2.07. The van der Waals surface area contributed by atoms with Crippen LogP contribution in [0.3, 0.4) is 0 Å². The molecule has 1 aromatic heterocycles. The Labute approximate surface area is 103 Å². The minimum atomic E-state index is -0.783. The number of oxazole rings is 1. The molecule has 0 bridgehead atoms. The summed E-state index contributed by atoms with van der Waals surface area (Å²) < 4.78 is 17.9. The molecule has 0 amide bonds. The van der Waals surface area contributed by atoms with Crippen molar-refractivity contribution in [3.8, 4) is 0 Å². The molecule has 0 saturated heterocycles. The molecule has 0 fully saturated rings. The SMILES string of the molecule is Cc1nc(C(O)Cc2ccc(F)c(Cl)c2)co1. The zero-order chi connectivity index (χ0) is 12.4. The van der Waals surface area contributed by atoms with Gasteiger partial charge in [0.1, 0.15) is 23.9 Å². The van der Waals surface area contributed by atoms with Crippen LogP contribution in [0.2, 0.25) is 5.02 Å². The fraction of sp³-hybridized carbons (Fsp3) is 0.250. The summed E-state index contributed by atoms with van der Waals surface area (Å²) in [5.74, 6) is 0.0263. The van der Waals surface area contributed by atoms with Crippen molar-refractivity contribution in [3.05, 3.63) is 52.5 Å². The minimum Gasteiger partial charge on any atom is -0.449 e. The van der Waals surface area contributed by atoms with Crippen LogP contribution in [0, 0.1) is 12.7 Å². The molecule has 1 N–H and O–H groups in total. The van der Waals surface area contributed by atoms with Gasteiger partial charge >= 0.3 is 0 Å². The second kappa shape index (κ2) is 4.85. The lowest BCUT2D eigenvalue weighted by molar-refractivity contribution is 0.173. The second-order valence-electron chi connectivity index (χ2n) is 3.76. The Morgan fingerprint density at radius 1 is 1.53 bits per heavy atom. The number of rotatable bonds is 3. The second-order valence-corrected chi connectivity index (χ2v) is 4.17. The predicted molar refractivity (Wildman–Crippen MR) is 61.3 cm³/mol. The molecule has 1 unspecified atom stereocenters. The predicted octanol–water partition coefficient (Wildman–Crippen LogP) is 3.05. The van der Waals surface area contributed by atoms with Gasteiger partial charge in [0.2, 0.25) is 0 Å². The fourth-order valence-electron chi connectivity index (χ4n) is 1.53. The van der Waals surface area contributed by atoms with Gasteiger partial charge in [0.25, 0.3) is 0 Å². The Bertz CT molecular complexity index is 527. The minimum absolute atomic E-state index is 0.0473. The molecular formula is C12H11ClFNO2. The van der Waals surface area contributed by atoms with Crippen molar-refractivity contribution in [2.75, 3.05) is 0 Å². The van der Waals surface area contributed by atoms with Crippen LogP contribution in [0.5, 0.6) is 0 Å². The van der Waals surface area contributed by atoms with Crippen molar-refractivity contribution < 1.29 is 13.9 Å². The number of aliphatic hydroxyl groups excluding tert-OH is 1. The van der Waals surface area contributed by atoms with Crippen molar-refractivity contribution in [2.45, 2.75) is 19.4 Å². The largest absolute Gasteiger partial charge is 0.449 e. The molecular weight excluding hydrogens is 245 g/mol. The van der Waals surface area contributed by atoms with Gasteiger partial charge in [0, 0.05) is 13.3 Å². The Hall–Kier alpha value is -1.39. The van der Waals surface area contributed by atoms with Crippen molar-refractivity contribution >= 4 is 11.6 Å². The number of hydrogen-bond donors (Lipinski definition) is 1. The first-order valence-electron chi connectivity index (χ1n) is 5.10. The Balaban J connectivity index is 2.12. The summed E-state index contributed by atoms with van der Waals surface area (Å²) in [5.41, 5.74) is 1.20. The van der Waals surface area contributed by atoms with E-state index in [4.69, 9.17) is 16.0 Å². The smallest absolute Gasteiger partial charge is 0.191 e. The first kappa shape index (κ1) is 12.1. The molecule has 17 heavy (non-hydrogen) atoms. The monoisotopic (exact) mass is 255 g/mol. The first-order chi connectivity index (χ1) is 8.06. The summed E-state index contributed by atoms with van der Waals surface area (Å²) in [6.07, 6.45) is 0.936. The molecule has 3 nitrogen and oxygen atoms in total. The lowest BCUT2D eigenvalue weighted by atomic mass is 10.1. The van der Waals surface area contributed by atoms with Crippen LogP contribution < -0.4 is 0 Å². The third kappa shape index (κ3) is 2.84. The molecule has 0 aliphatic heterocycles. The maximum absolute atomic E-state index is 12.9. The van der Waals surface area contributed by atoms with Gasteiger partial charge in [-0.15, -0.1) is 0 Å². The van der Waals surface area contributed by atoms with Gasteiger partial charge in [-0.3, -0.25) is 0 Å². The molecule has 0 saturated carbocycles. The van der Waals surface area contributed by atoms with Crippen molar-refractivity contribution in [3.63, 3.8) is 0 Å². The summed E-state index contributed by atoms with van der Waals surface area (Å²) in [4.78, 5) is 4.02. The maximum Gasteiger partial charge on any atom is 0.191 e. The zero-order valence-electron chi connectivity index (χ0n) is 9.15. The normalized spacial score (nSPS) is 12.7. The highest BCUT2D eigenvalue weighted by Crippen LogP contribution is 2.21. The average Bonchev–Trinajstić information content (AvgIpc) is 2.70. The van der Waals surface area contributed by atoms with E-state index in [0.717, 1.165) is 5.56 Å². The third-order valence-corrected chi connectivity index (χ3v) is 2.68. The third-order valence-electron chi connectivity index (χ3n) is 2.39. The zero-order valence-corrected chi connectivity index (χ0v) is 9.91. The van der Waals surface area contributed by atoms with Gasteiger partial charge in [0.05, 0.1) is 5.02 Å². The number of nitrogens with zero attached hydrogens (tertiary/aromatic N) is 1. The van der Waals surface area contributed by atoms with Crippen molar-refractivity contribution in [1.82, 2.24) is 4.98 Å². The van der Waals surface area contributed by atoms with Gasteiger partial charge in [-0.25, -0.2) is 9.37 Å². The van der Waals surface area contributed by atoms with E-state index < -0.39 is 11.9 Å². The molecule has 0 spiro atoms. The van der Waals surface area contributed by atoms with Crippen LogP contribution >= 0.6 is 11.6 Å². The highest BCUT2D eigenvalue weighted by Gasteiger charge is 2.13. The Morgan fingerprint density at radius 2 is 2.29 bits per heavy atom. The molecule has 1 heterocycles. The summed E-state index contributed by atoms with van der Waals surface area (Å²) >= 11 is 5.66. The van der Waals surface area contributed by atoms with E-state index in [-0.39, 0.29) is 5.02 Å². The van der Waals surface area contributed by atoms with E-state index in [1.165, 1.54) is 18.4 Å². The molecule has 0 aliphatic carbocycles. The van der Waals surface area contributed by atoms with Gasteiger partial charge < -0.3 is 9.52 Å². The van der Waals surface area contributed by atoms with E-state index in [1.54, 1.807) is 13.0 Å². The van der Waals surface area contributed by atoms with Gasteiger partial charge in [-0.2, -0.15) is 0 Å². The van der Waals surface area contributed by atoms with Crippen LogP contribution in [0.4, 0.5) is 4.39 Å². The molecule has 1 atom stereocenters. The first-order valence-corrected chi connectivity index (χ1v) is 5.48. The van der Waals surface area contributed by atoms with Crippen LogP contribution in [-0.2, 0) is 6.42 Å². The van der Waals surface area contributed by atoms with E-state index in [9.17, 15) is 9.50 Å². The van der Waals surface area contributed by atoms with Gasteiger partial charge in [0.15, 0.2) is 5.89 Å². The summed E-state index contributed by atoms with van der Waals surface area (Å²) in [7, 11) is 0. The average molecular weight is 256 g/mol. The molecule has 5 heteroatoms. The number of aryl methyl sites for hydroxylation is 1. The summed E-state index contributed by atoms with van der Waals surface area (Å²) in [6.45, 7) is 1.70. The number of benzene rings is 1. The Morgan fingerprint density at radius 3 is 2.88 bits per heavy atom. The molecule has 0 aliphatic rings. The summed E-state index contributed by atoms with van der Waals surface area (Å²) in [5, 5.41) is 9.94. The van der Waals surface area contributed by atoms with Gasteiger partial charge in [-0.05, 0) is 17.7 Å². The lowest BCUT2D eigenvalue weighted by Crippen LogP contribution is -2.02. The fourth-order valence-corrected chi connectivity index (χ4v) is 1.73. The van der Waals surface area contributed by atoms with Crippen LogP contribution in [0.1, 0.15) is 23.3 Å². The molecule has 2 rings (SSSR count). The van der Waals surface area contributed by atoms with E-state index in [2.05, 4.69) is 4.98 Å².